The van der Waals surface area contributed by atoms with E-state index in [0.717, 1.165) is 11.1 Å². The minimum atomic E-state index is -1.05. The molecule has 0 unspecified atom stereocenters. The first-order chi connectivity index (χ1) is 15.7. The molecule has 0 aliphatic carbocycles. The first kappa shape index (κ1) is 24.7. The molecule has 0 aromatic heterocycles. The summed E-state index contributed by atoms with van der Waals surface area (Å²) in [5.74, 6) is -1.05. The number of hydrogen-bond donors (Lipinski definition) is 1. The molecule has 33 heavy (non-hydrogen) atoms. The Morgan fingerprint density at radius 2 is 1.64 bits per heavy atom. The maximum atomic E-state index is 13.2. The van der Waals surface area contributed by atoms with Crippen LogP contribution in [-0.4, -0.2) is 71.5 Å². The van der Waals surface area contributed by atoms with E-state index in [1.807, 2.05) is 60.7 Å². The molecule has 1 fully saturated rings. The highest BCUT2D eigenvalue weighted by atomic mass is 16.6. The molecule has 2 aromatic rings. The summed E-state index contributed by atoms with van der Waals surface area (Å²) in [6.07, 6.45) is -0.0760. The molecule has 1 aliphatic heterocycles. The summed E-state index contributed by atoms with van der Waals surface area (Å²) in [5, 5.41) is 10.1. The monoisotopic (exact) mass is 454 g/mol. The lowest BCUT2D eigenvalue weighted by Gasteiger charge is -2.47. The zero-order valence-corrected chi connectivity index (χ0v) is 19.8. The van der Waals surface area contributed by atoms with Crippen molar-refractivity contribution in [1.29, 1.82) is 0 Å². The third-order valence-electron chi connectivity index (χ3n) is 5.74. The number of nitrogens with zero attached hydrogens (tertiary/aromatic N) is 2. The van der Waals surface area contributed by atoms with Gasteiger partial charge in [0.2, 0.25) is 0 Å². The van der Waals surface area contributed by atoms with Crippen LogP contribution in [0.25, 0.3) is 0 Å². The average Bonchev–Trinajstić information content (AvgIpc) is 2.77. The van der Waals surface area contributed by atoms with Gasteiger partial charge >= 0.3 is 12.1 Å². The molecule has 0 radical (unpaired) electrons. The van der Waals surface area contributed by atoms with E-state index in [4.69, 9.17) is 9.47 Å². The highest BCUT2D eigenvalue weighted by Crippen LogP contribution is 2.29. The van der Waals surface area contributed by atoms with Gasteiger partial charge in [-0.15, -0.1) is 0 Å². The largest absolute Gasteiger partial charge is 0.480 e. The summed E-state index contributed by atoms with van der Waals surface area (Å²) in [4.78, 5) is 29.1. The smallest absolute Gasteiger partial charge is 0.411 e. The van der Waals surface area contributed by atoms with Gasteiger partial charge in [-0.05, 0) is 38.3 Å². The third kappa shape index (κ3) is 6.55. The van der Waals surface area contributed by atoms with Gasteiger partial charge in [0.25, 0.3) is 0 Å². The number of piperazine rings is 1. The minimum absolute atomic E-state index is 0.128. The molecule has 0 saturated carbocycles. The standard InChI is InChI=1S/C26H34N2O5/c1-26(2,3)33-25(31)28-21(15-19-11-7-5-8-12-19)16-27(17-22(28)24(29)30)23(18-32-4)20-13-9-6-10-14-20/h5-14,21-23H,15-18H2,1-4H3,(H,29,30)/t21-,22+,23+/m1/s1. The molecule has 7 heteroatoms. The number of carboxylic acid groups (broad SMARTS) is 1. The fourth-order valence-corrected chi connectivity index (χ4v) is 4.33. The Morgan fingerprint density at radius 1 is 1.03 bits per heavy atom. The Morgan fingerprint density at radius 3 is 2.18 bits per heavy atom. The van der Waals surface area contributed by atoms with Crippen LogP contribution in [-0.2, 0) is 20.7 Å². The average molecular weight is 455 g/mol. The predicted molar refractivity (Wildman–Crippen MR) is 126 cm³/mol. The second-order valence-corrected chi connectivity index (χ2v) is 9.42. The van der Waals surface area contributed by atoms with Crippen LogP contribution in [0.1, 0.15) is 37.9 Å². The molecule has 1 saturated heterocycles. The van der Waals surface area contributed by atoms with Crippen molar-refractivity contribution in [2.75, 3.05) is 26.8 Å². The Labute approximate surface area is 195 Å². The van der Waals surface area contributed by atoms with E-state index in [9.17, 15) is 14.7 Å². The Bertz CT molecular complexity index is 913. The first-order valence-corrected chi connectivity index (χ1v) is 11.3. The fraction of sp³-hybridized carbons (Fsp3) is 0.462. The summed E-state index contributed by atoms with van der Waals surface area (Å²) >= 11 is 0. The van der Waals surface area contributed by atoms with Gasteiger partial charge in [-0.1, -0.05) is 60.7 Å². The molecule has 7 nitrogen and oxygen atoms in total. The highest BCUT2D eigenvalue weighted by molar-refractivity contribution is 5.81. The number of amides is 1. The van der Waals surface area contributed by atoms with Crippen LogP contribution >= 0.6 is 0 Å². The minimum Gasteiger partial charge on any atom is -0.480 e. The first-order valence-electron chi connectivity index (χ1n) is 11.3. The van der Waals surface area contributed by atoms with Crippen LogP contribution in [0.2, 0.25) is 0 Å². The molecular formula is C26H34N2O5. The van der Waals surface area contributed by atoms with Crippen molar-refractivity contribution < 1.29 is 24.2 Å². The van der Waals surface area contributed by atoms with Crippen molar-refractivity contribution in [2.24, 2.45) is 0 Å². The van der Waals surface area contributed by atoms with Crippen LogP contribution in [0.15, 0.2) is 60.7 Å². The van der Waals surface area contributed by atoms with Crippen LogP contribution in [0, 0.1) is 0 Å². The summed E-state index contributed by atoms with van der Waals surface area (Å²) in [5.41, 5.74) is 1.36. The number of carbonyl (C=O) groups is 2. The van der Waals surface area contributed by atoms with Crippen molar-refractivity contribution >= 4 is 12.1 Å². The van der Waals surface area contributed by atoms with E-state index < -0.39 is 23.7 Å². The number of carbonyl (C=O) groups excluding carboxylic acids is 1. The van der Waals surface area contributed by atoms with Gasteiger partial charge in [0.1, 0.15) is 11.6 Å². The van der Waals surface area contributed by atoms with Gasteiger partial charge in [-0.3, -0.25) is 9.80 Å². The van der Waals surface area contributed by atoms with E-state index in [1.165, 1.54) is 4.90 Å². The molecule has 1 N–H and O–H groups in total. The van der Waals surface area contributed by atoms with Crippen LogP contribution in [0.4, 0.5) is 4.79 Å². The number of rotatable bonds is 7. The van der Waals surface area contributed by atoms with Crippen LogP contribution in [0.3, 0.4) is 0 Å². The molecule has 3 atom stereocenters. The van der Waals surface area contributed by atoms with Crippen molar-refractivity contribution in [3.63, 3.8) is 0 Å². The number of aliphatic carboxylic acids is 1. The van der Waals surface area contributed by atoms with E-state index >= 15 is 0 Å². The molecule has 0 bridgehead atoms. The van der Waals surface area contributed by atoms with E-state index in [-0.39, 0.29) is 18.6 Å². The van der Waals surface area contributed by atoms with Crippen LogP contribution < -0.4 is 0 Å². The number of methoxy groups -OCH3 is 1. The number of carboxylic acids is 1. The third-order valence-corrected chi connectivity index (χ3v) is 5.74. The van der Waals surface area contributed by atoms with Crippen molar-refractivity contribution in [3.8, 4) is 0 Å². The SMILES string of the molecule is COC[C@@H](c1ccccc1)N1C[C@@H](Cc2ccccc2)N(C(=O)OC(C)(C)C)[C@H](C(=O)O)C1. The normalized spacial score (nSPS) is 20.3. The van der Waals surface area contributed by atoms with E-state index in [1.54, 1.807) is 27.9 Å². The van der Waals surface area contributed by atoms with Crippen LogP contribution in [0.5, 0.6) is 0 Å². The second-order valence-electron chi connectivity index (χ2n) is 9.42. The summed E-state index contributed by atoms with van der Waals surface area (Å²) < 4.78 is 11.1. The lowest BCUT2D eigenvalue weighted by atomic mass is 9.96. The lowest BCUT2D eigenvalue weighted by molar-refractivity contribution is -0.148. The fourth-order valence-electron chi connectivity index (χ4n) is 4.33. The van der Waals surface area contributed by atoms with Gasteiger partial charge in [0.15, 0.2) is 0 Å². The zero-order chi connectivity index (χ0) is 24.0. The molecule has 3 rings (SSSR count). The molecule has 1 heterocycles. The molecule has 2 aromatic carbocycles. The van der Waals surface area contributed by atoms with Gasteiger partial charge in [0.05, 0.1) is 18.7 Å². The Kier molecular flexibility index (Phi) is 8.10. The molecule has 1 amide bonds. The highest BCUT2D eigenvalue weighted by Gasteiger charge is 2.44. The quantitative estimate of drug-likeness (QED) is 0.682. The van der Waals surface area contributed by atoms with E-state index in [2.05, 4.69) is 4.90 Å². The molecule has 178 valence electrons. The second kappa shape index (κ2) is 10.8. The topological polar surface area (TPSA) is 79.3 Å². The lowest BCUT2D eigenvalue weighted by Crippen LogP contribution is -2.64. The molecule has 1 aliphatic rings. The van der Waals surface area contributed by atoms with Gasteiger partial charge in [0, 0.05) is 20.2 Å². The maximum absolute atomic E-state index is 13.2. The zero-order valence-electron chi connectivity index (χ0n) is 19.8. The van der Waals surface area contributed by atoms with Crippen molar-refractivity contribution in [2.45, 2.75) is 50.9 Å². The summed E-state index contributed by atoms with van der Waals surface area (Å²) in [6, 6.07) is 18.2. The molecular weight excluding hydrogens is 420 g/mol. The van der Waals surface area contributed by atoms with Gasteiger partial charge < -0.3 is 14.6 Å². The number of benzene rings is 2. The summed E-state index contributed by atoms with van der Waals surface area (Å²) in [7, 11) is 1.64. The maximum Gasteiger partial charge on any atom is 0.411 e. The predicted octanol–water partition coefficient (Wildman–Crippen LogP) is 3.99. The number of ether oxygens (including phenoxy) is 2. The van der Waals surface area contributed by atoms with Gasteiger partial charge in [-0.2, -0.15) is 0 Å². The summed E-state index contributed by atoms with van der Waals surface area (Å²) in [6.45, 7) is 6.46. The number of hydrogen-bond acceptors (Lipinski definition) is 5. The van der Waals surface area contributed by atoms with Crippen molar-refractivity contribution in [3.05, 3.63) is 71.8 Å². The van der Waals surface area contributed by atoms with E-state index in [0.29, 0.717) is 19.6 Å². The van der Waals surface area contributed by atoms with Gasteiger partial charge in [-0.25, -0.2) is 9.59 Å². The Hall–Kier alpha value is -2.90. The molecule has 0 spiro atoms. The van der Waals surface area contributed by atoms with Crippen molar-refractivity contribution in [1.82, 2.24) is 9.80 Å². The Balaban J connectivity index is 1.98.